The second-order valence-electron chi connectivity index (χ2n) is 8.64. The van der Waals surface area contributed by atoms with Gasteiger partial charge >= 0.3 is 12.1 Å². The Kier molecular flexibility index (Phi) is 5.78. The lowest BCUT2D eigenvalue weighted by Crippen LogP contribution is -2.19. The summed E-state index contributed by atoms with van der Waals surface area (Å²) in [5.41, 5.74) is 4.33. The lowest BCUT2D eigenvalue weighted by Gasteiger charge is -2.11. The highest BCUT2D eigenvalue weighted by atomic mass is 16.5. The Morgan fingerprint density at radius 3 is 2.14 bits per heavy atom. The Bertz CT molecular complexity index is 1360. The first-order valence-corrected chi connectivity index (χ1v) is 11.3. The van der Waals surface area contributed by atoms with Gasteiger partial charge in [-0.2, -0.15) is 0 Å². The number of carboxylic acids is 1. The molecule has 1 aliphatic carbocycles. The van der Waals surface area contributed by atoms with Crippen molar-refractivity contribution < 1.29 is 19.4 Å². The summed E-state index contributed by atoms with van der Waals surface area (Å²) in [6.45, 7) is 0.161. The molecule has 0 unspecified atom stereocenters. The number of nitrogens with zero attached hydrogens (tertiary/aromatic N) is 3. The van der Waals surface area contributed by atoms with Crippen LogP contribution in [0.25, 0.3) is 22.4 Å². The minimum Gasteiger partial charge on any atom is -0.481 e. The van der Waals surface area contributed by atoms with E-state index in [9.17, 15) is 14.7 Å². The number of aliphatic carboxylic acids is 1. The number of amides is 1. The van der Waals surface area contributed by atoms with Gasteiger partial charge in [0.2, 0.25) is 0 Å². The van der Waals surface area contributed by atoms with Crippen LogP contribution in [0.1, 0.15) is 24.0 Å². The van der Waals surface area contributed by atoms with Crippen LogP contribution in [0.15, 0.2) is 78.9 Å². The van der Waals surface area contributed by atoms with Gasteiger partial charge in [0.05, 0.1) is 5.41 Å². The number of ether oxygens (including phenoxy) is 1. The van der Waals surface area contributed by atoms with Gasteiger partial charge in [-0.15, -0.1) is 5.10 Å². The van der Waals surface area contributed by atoms with E-state index in [2.05, 4.69) is 15.6 Å². The summed E-state index contributed by atoms with van der Waals surface area (Å²) in [6, 6.07) is 24.9. The fourth-order valence-electron chi connectivity index (χ4n) is 4.10. The van der Waals surface area contributed by atoms with Crippen molar-refractivity contribution in [3.8, 4) is 22.4 Å². The van der Waals surface area contributed by atoms with Gasteiger partial charge in [-0.3, -0.25) is 10.1 Å². The second-order valence-corrected chi connectivity index (χ2v) is 8.64. The number of benzene rings is 3. The van der Waals surface area contributed by atoms with E-state index >= 15 is 0 Å². The predicted octanol–water partition coefficient (Wildman–Crippen LogP) is 5.01. The van der Waals surface area contributed by atoms with Crippen LogP contribution in [0, 0.1) is 0 Å². The van der Waals surface area contributed by atoms with Crippen LogP contribution in [0.3, 0.4) is 0 Å². The molecule has 1 heterocycles. The fraction of sp³-hybridized carbons (Fsp3) is 0.185. The van der Waals surface area contributed by atoms with Gasteiger partial charge < -0.3 is 9.84 Å². The molecule has 2 N–H and O–H groups in total. The molecule has 1 saturated carbocycles. The van der Waals surface area contributed by atoms with Crippen molar-refractivity contribution in [2.45, 2.75) is 24.9 Å². The Balaban J connectivity index is 1.29. The standard InChI is InChI=1S/C27H24N4O4/c1-31-24(28-26(34)35-17-18-5-3-2-4-6-18)23(29-30-31)21-9-7-19(8-10-21)20-11-13-22(14-12-20)27(15-16-27)25(32)33/h2-14H,15-17H2,1H3,(H,28,34)(H,32,33). The zero-order valence-electron chi connectivity index (χ0n) is 19.1. The molecule has 35 heavy (non-hydrogen) atoms. The maximum Gasteiger partial charge on any atom is 0.413 e. The van der Waals surface area contributed by atoms with E-state index in [1.165, 1.54) is 4.68 Å². The molecule has 4 aromatic rings. The van der Waals surface area contributed by atoms with E-state index in [1.807, 2.05) is 78.9 Å². The number of anilines is 1. The Hall–Kier alpha value is -4.46. The van der Waals surface area contributed by atoms with Crippen LogP contribution in [0.5, 0.6) is 0 Å². The minimum absolute atomic E-state index is 0.161. The summed E-state index contributed by atoms with van der Waals surface area (Å²) < 4.78 is 6.81. The molecule has 1 amide bonds. The largest absolute Gasteiger partial charge is 0.481 e. The topological polar surface area (TPSA) is 106 Å². The van der Waals surface area contributed by atoms with Crippen molar-refractivity contribution in [3.05, 3.63) is 90.0 Å². The molecule has 0 radical (unpaired) electrons. The Morgan fingerprint density at radius 1 is 0.943 bits per heavy atom. The minimum atomic E-state index is -0.757. The fourth-order valence-corrected chi connectivity index (χ4v) is 4.10. The van der Waals surface area contributed by atoms with Gasteiger partial charge in [0.15, 0.2) is 5.82 Å². The SMILES string of the molecule is Cn1nnc(-c2ccc(-c3ccc(C4(C(=O)O)CC4)cc3)cc2)c1NC(=O)OCc1ccccc1. The lowest BCUT2D eigenvalue weighted by molar-refractivity contribution is -0.140. The van der Waals surface area contributed by atoms with Crippen molar-refractivity contribution in [2.24, 2.45) is 7.05 Å². The summed E-state index contributed by atoms with van der Waals surface area (Å²) in [4.78, 5) is 23.9. The molecule has 1 fully saturated rings. The molecule has 8 heteroatoms. The highest BCUT2D eigenvalue weighted by molar-refractivity contribution is 5.89. The molecular weight excluding hydrogens is 444 g/mol. The first-order valence-electron chi connectivity index (χ1n) is 11.3. The van der Waals surface area contributed by atoms with Gasteiger partial charge in [0, 0.05) is 12.6 Å². The Morgan fingerprint density at radius 2 is 1.54 bits per heavy atom. The third-order valence-corrected chi connectivity index (χ3v) is 6.35. The number of hydrogen-bond donors (Lipinski definition) is 2. The van der Waals surface area contributed by atoms with Gasteiger partial charge in [0.25, 0.3) is 0 Å². The number of carboxylic acid groups (broad SMARTS) is 1. The van der Waals surface area contributed by atoms with Crippen molar-refractivity contribution in [3.63, 3.8) is 0 Å². The highest BCUT2D eigenvalue weighted by Gasteiger charge is 2.51. The molecular formula is C27H24N4O4. The quantitative estimate of drug-likeness (QED) is 0.395. The van der Waals surface area contributed by atoms with Crippen molar-refractivity contribution in [2.75, 3.05) is 5.32 Å². The van der Waals surface area contributed by atoms with Crippen molar-refractivity contribution in [1.82, 2.24) is 15.0 Å². The number of nitrogens with one attached hydrogen (secondary N) is 1. The van der Waals surface area contributed by atoms with Crippen LogP contribution in [-0.4, -0.2) is 32.2 Å². The molecule has 0 bridgehead atoms. The molecule has 0 atom stereocenters. The molecule has 0 aliphatic heterocycles. The molecule has 3 aromatic carbocycles. The van der Waals surface area contributed by atoms with Crippen molar-refractivity contribution >= 4 is 17.9 Å². The normalized spacial score (nSPS) is 13.7. The number of rotatable bonds is 7. The predicted molar refractivity (Wildman–Crippen MR) is 131 cm³/mol. The third-order valence-electron chi connectivity index (χ3n) is 6.35. The van der Waals surface area contributed by atoms with Crippen LogP contribution in [0.4, 0.5) is 10.6 Å². The molecule has 5 rings (SSSR count). The van der Waals surface area contributed by atoms with Crippen LogP contribution >= 0.6 is 0 Å². The van der Waals surface area contributed by atoms with Gasteiger partial charge in [0.1, 0.15) is 12.3 Å². The van der Waals surface area contributed by atoms with Gasteiger partial charge in [-0.1, -0.05) is 84.1 Å². The van der Waals surface area contributed by atoms with Crippen LogP contribution < -0.4 is 5.32 Å². The first-order chi connectivity index (χ1) is 17.0. The molecule has 0 saturated heterocycles. The summed E-state index contributed by atoms with van der Waals surface area (Å²) in [5.74, 6) is -0.324. The van der Waals surface area contributed by atoms with E-state index in [0.717, 1.165) is 27.8 Å². The number of aromatic nitrogens is 3. The number of carbonyl (C=O) groups excluding carboxylic acids is 1. The number of hydrogen-bond acceptors (Lipinski definition) is 5. The number of aryl methyl sites for hydroxylation is 1. The zero-order valence-corrected chi connectivity index (χ0v) is 19.1. The van der Waals surface area contributed by atoms with Crippen LogP contribution in [0.2, 0.25) is 0 Å². The first kappa shape index (κ1) is 22.3. The highest BCUT2D eigenvalue weighted by Crippen LogP contribution is 2.48. The van der Waals surface area contributed by atoms with E-state index < -0.39 is 17.5 Å². The summed E-state index contributed by atoms with van der Waals surface area (Å²) >= 11 is 0. The van der Waals surface area contributed by atoms with E-state index in [1.54, 1.807) is 7.05 Å². The molecule has 176 valence electrons. The van der Waals surface area contributed by atoms with Gasteiger partial charge in [-0.05, 0) is 35.1 Å². The van der Waals surface area contributed by atoms with E-state index in [-0.39, 0.29) is 6.61 Å². The second kappa shape index (κ2) is 9.06. The third kappa shape index (κ3) is 4.50. The maximum atomic E-state index is 12.4. The van der Waals surface area contributed by atoms with Crippen molar-refractivity contribution in [1.29, 1.82) is 0 Å². The average molecular weight is 469 g/mol. The monoisotopic (exact) mass is 468 g/mol. The van der Waals surface area contributed by atoms with E-state index in [0.29, 0.717) is 24.4 Å². The molecule has 0 spiro atoms. The summed E-state index contributed by atoms with van der Waals surface area (Å²) in [6.07, 6.45) is 0.780. The maximum absolute atomic E-state index is 12.4. The molecule has 1 aliphatic rings. The molecule has 1 aromatic heterocycles. The Labute approximate surface area is 202 Å². The molecule has 8 nitrogen and oxygen atoms in total. The lowest BCUT2D eigenvalue weighted by atomic mass is 9.93. The average Bonchev–Trinajstić information content (AvgIpc) is 3.63. The van der Waals surface area contributed by atoms with Gasteiger partial charge in [-0.25, -0.2) is 9.48 Å². The zero-order chi connectivity index (χ0) is 24.4. The smallest absolute Gasteiger partial charge is 0.413 e. The summed E-state index contributed by atoms with van der Waals surface area (Å²) in [7, 11) is 1.70. The van der Waals surface area contributed by atoms with E-state index in [4.69, 9.17) is 4.74 Å². The van der Waals surface area contributed by atoms with Crippen LogP contribution in [-0.2, 0) is 28.6 Å². The summed E-state index contributed by atoms with van der Waals surface area (Å²) in [5, 5.41) is 20.5. The number of carbonyl (C=O) groups is 2.